The van der Waals surface area contributed by atoms with Gasteiger partial charge in [0.05, 0.1) is 24.9 Å². The predicted octanol–water partition coefficient (Wildman–Crippen LogP) is 8.34. The van der Waals surface area contributed by atoms with Crippen molar-refractivity contribution in [2.75, 3.05) is 6.61 Å². The maximum atomic E-state index is 9.91. The minimum Gasteiger partial charge on any atom is -0.402 e. The monoisotopic (exact) mass is 564 g/mol. The Hall–Kier alpha value is -1.72. The van der Waals surface area contributed by atoms with Crippen LogP contribution in [0.2, 0.25) is 5.04 Å². The Morgan fingerprint density at radius 1 is 0.800 bits per heavy atom. The number of aliphatic hydroxyl groups excluding tert-OH is 1. The number of rotatable bonds is 17. The van der Waals surface area contributed by atoms with Gasteiger partial charge in [0.15, 0.2) is 0 Å². The third-order valence-electron chi connectivity index (χ3n) is 8.51. The van der Waals surface area contributed by atoms with Crippen LogP contribution in [0.4, 0.5) is 0 Å². The van der Waals surface area contributed by atoms with Crippen molar-refractivity contribution in [3.63, 3.8) is 0 Å². The predicted molar refractivity (Wildman–Crippen MR) is 173 cm³/mol. The van der Waals surface area contributed by atoms with Crippen LogP contribution in [0, 0.1) is 0 Å². The van der Waals surface area contributed by atoms with E-state index in [0.29, 0.717) is 0 Å². The maximum Gasteiger partial charge on any atom is 0.261 e. The summed E-state index contributed by atoms with van der Waals surface area (Å²) >= 11 is 0. The average molecular weight is 565 g/mol. The van der Waals surface area contributed by atoms with Gasteiger partial charge in [-0.05, 0) is 47.5 Å². The molecule has 3 rings (SSSR count). The summed E-state index contributed by atoms with van der Waals surface area (Å²) in [4.78, 5) is 0. The van der Waals surface area contributed by atoms with Gasteiger partial charge in [0, 0.05) is 0 Å². The molecule has 0 radical (unpaired) electrons. The molecule has 1 N–H and O–H groups in total. The van der Waals surface area contributed by atoms with Crippen LogP contribution < -0.4 is 10.4 Å². The second kappa shape index (κ2) is 17.3. The average Bonchev–Trinajstić information content (AvgIpc) is 2.97. The van der Waals surface area contributed by atoms with E-state index in [4.69, 9.17) is 9.16 Å². The number of hydrogen-bond acceptors (Lipinski definition) is 3. The molecule has 0 bridgehead atoms. The first-order valence-electron chi connectivity index (χ1n) is 16.1. The number of hydrogen-bond donors (Lipinski definition) is 1. The summed E-state index contributed by atoms with van der Waals surface area (Å²) in [6.07, 6.45) is 20.4. The molecule has 3 atom stereocenters. The van der Waals surface area contributed by atoms with Crippen LogP contribution in [-0.4, -0.2) is 38.3 Å². The molecule has 0 aliphatic carbocycles. The summed E-state index contributed by atoms with van der Waals surface area (Å²) in [5.74, 6) is 0. The van der Waals surface area contributed by atoms with Crippen molar-refractivity contribution < 1.29 is 14.3 Å². The van der Waals surface area contributed by atoms with Crippen molar-refractivity contribution in [3.05, 3.63) is 72.8 Å². The van der Waals surface area contributed by atoms with Crippen molar-refractivity contribution in [2.24, 2.45) is 0 Å². The van der Waals surface area contributed by atoms with Crippen LogP contribution in [0.1, 0.15) is 111 Å². The molecule has 0 aromatic heterocycles. The second-order valence-electron chi connectivity index (χ2n) is 12.7. The molecule has 3 nitrogen and oxygen atoms in total. The molecule has 4 heteroatoms. The Balaban J connectivity index is 1.67. The van der Waals surface area contributed by atoms with Gasteiger partial charge in [-0.25, -0.2) is 0 Å². The molecule has 2 aromatic carbocycles. The number of benzene rings is 2. The highest BCUT2D eigenvalue weighted by molar-refractivity contribution is 6.99. The Morgan fingerprint density at radius 2 is 1.35 bits per heavy atom. The molecule has 40 heavy (non-hydrogen) atoms. The van der Waals surface area contributed by atoms with Crippen LogP contribution in [0.15, 0.2) is 72.8 Å². The molecule has 0 spiro atoms. The maximum absolute atomic E-state index is 9.91. The minimum atomic E-state index is -2.66. The lowest BCUT2D eigenvalue weighted by Crippen LogP contribution is -2.69. The Labute approximate surface area is 246 Å². The topological polar surface area (TPSA) is 38.7 Å². The summed E-state index contributed by atoms with van der Waals surface area (Å²) < 4.78 is 14.0. The molecule has 0 amide bonds. The van der Waals surface area contributed by atoms with Crippen molar-refractivity contribution in [1.29, 1.82) is 0 Å². The van der Waals surface area contributed by atoms with E-state index >= 15 is 0 Å². The van der Waals surface area contributed by atoms with Gasteiger partial charge in [0.2, 0.25) is 0 Å². The van der Waals surface area contributed by atoms with Crippen LogP contribution in [0.5, 0.6) is 0 Å². The first-order chi connectivity index (χ1) is 19.4. The van der Waals surface area contributed by atoms with E-state index in [1.54, 1.807) is 0 Å². The van der Waals surface area contributed by atoms with Crippen molar-refractivity contribution in [2.45, 2.75) is 135 Å². The van der Waals surface area contributed by atoms with Crippen LogP contribution >= 0.6 is 0 Å². The molecule has 0 saturated carbocycles. The fourth-order valence-electron chi connectivity index (χ4n) is 6.25. The SMILES string of the molecule is CCCCCCCCCCC/C=C\C[C@H]1O[C@@H](CO)CC[C@H]1O[Si](c1ccccc1)(c1ccccc1)C(C)(C)C. The normalized spacial score (nSPS) is 20.3. The number of aliphatic hydroxyl groups is 1. The van der Waals surface area contributed by atoms with Gasteiger partial charge in [-0.1, -0.05) is 152 Å². The fourth-order valence-corrected chi connectivity index (χ4v) is 11.0. The second-order valence-corrected chi connectivity index (χ2v) is 17.0. The molecule has 1 saturated heterocycles. The fraction of sp³-hybridized carbons (Fsp3) is 0.611. The smallest absolute Gasteiger partial charge is 0.261 e. The zero-order valence-electron chi connectivity index (χ0n) is 25.8. The molecule has 222 valence electrons. The Morgan fingerprint density at radius 3 is 1.88 bits per heavy atom. The highest BCUT2D eigenvalue weighted by Gasteiger charge is 2.52. The molecule has 1 aliphatic rings. The van der Waals surface area contributed by atoms with Crippen LogP contribution in [0.3, 0.4) is 0 Å². The molecule has 1 aliphatic heterocycles. The van der Waals surface area contributed by atoms with Gasteiger partial charge in [0.1, 0.15) is 0 Å². The molecule has 0 unspecified atom stereocenters. The summed E-state index contributed by atoms with van der Waals surface area (Å²) in [5, 5.41) is 12.4. The van der Waals surface area contributed by atoms with E-state index in [2.05, 4.69) is 101 Å². The number of allylic oxidation sites excluding steroid dienone is 1. The summed E-state index contributed by atoms with van der Waals surface area (Å²) in [6.45, 7) is 9.35. The molecule has 1 fully saturated rings. The summed E-state index contributed by atoms with van der Waals surface area (Å²) in [5.41, 5.74) is 0. The van der Waals surface area contributed by atoms with E-state index in [1.807, 2.05) is 0 Å². The summed E-state index contributed by atoms with van der Waals surface area (Å²) in [6, 6.07) is 21.8. The van der Waals surface area contributed by atoms with Gasteiger partial charge in [-0.3, -0.25) is 0 Å². The quantitative estimate of drug-likeness (QED) is 0.119. The number of unbranched alkanes of at least 4 members (excludes halogenated alkanes) is 9. The van der Waals surface area contributed by atoms with Gasteiger partial charge < -0.3 is 14.3 Å². The lowest BCUT2D eigenvalue weighted by molar-refractivity contribution is -0.122. The van der Waals surface area contributed by atoms with Crippen molar-refractivity contribution in [3.8, 4) is 0 Å². The zero-order valence-corrected chi connectivity index (χ0v) is 26.8. The first kappa shape index (κ1) is 32.8. The lowest BCUT2D eigenvalue weighted by Gasteiger charge is -2.48. The minimum absolute atomic E-state index is 0.00791. The highest BCUT2D eigenvalue weighted by atomic mass is 28.4. The van der Waals surface area contributed by atoms with Crippen molar-refractivity contribution >= 4 is 18.7 Å². The van der Waals surface area contributed by atoms with Gasteiger partial charge >= 0.3 is 0 Å². The number of ether oxygens (including phenoxy) is 1. The third-order valence-corrected chi connectivity index (χ3v) is 13.6. The highest BCUT2D eigenvalue weighted by Crippen LogP contribution is 2.39. The lowest BCUT2D eigenvalue weighted by atomic mass is 9.99. The molecular formula is C36H56O3Si. The van der Waals surface area contributed by atoms with Gasteiger partial charge in [0.25, 0.3) is 8.32 Å². The van der Waals surface area contributed by atoms with Crippen molar-refractivity contribution in [1.82, 2.24) is 0 Å². The Kier molecular flexibility index (Phi) is 14.2. The first-order valence-corrected chi connectivity index (χ1v) is 18.0. The standard InChI is InChI=1S/C36H56O3Si/c1-5-6-7-8-9-10-11-12-13-14-15-22-27-34-35(29-28-31(30-37)38-34)39-40(36(2,3)4,32-23-18-16-19-24-32)33-25-20-17-21-26-33/h15-26,31,34-35,37H,5-14,27-30H2,1-4H3/b22-15-/t31-,34-,35-/m1/s1. The van der Waals surface area contributed by atoms with E-state index in [-0.39, 0.29) is 30.0 Å². The molecular weight excluding hydrogens is 508 g/mol. The van der Waals surface area contributed by atoms with Gasteiger partial charge in [-0.15, -0.1) is 0 Å². The van der Waals surface area contributed by atoms with Crippen LogP contribution in [0.25, 0.3) is 0 Å². The van der Waals surface area contributed by atoms with E-state index in [0.717, 1.165) is 25.7 Å². The summed E-state index contributed by atoms with van der Waals surface area (Å²) in [7, 11) is -2.66. The van der Waals surface area contributed by atoms with E-state index < -0.39 is 8.32 Å². The zero-order chi connectivity index (χ0) is 28.7. The third kappa shape index (κ3) is 9.41. The molecule has 2 aromatic rings. The molecule has 1 heterocycles. The van der Waals surface area contributed by atoms with E-state index in [1.165, 1.54) is 68.2 Å². The largest absolute Gasteiger partial charge is 0.402 e. The van der Waals surface area contributed by atoms with Gasteiger partial charge in [-0.2, -0.15) is 0 Å². The Bertz CT molecular complexity index is 914. The van der Waals surface area contributed by atoms with Crippen LogP contribution in [-0.2, 0) is 9.16 Å². The van der Waals surface area contributed by atoms with E-state index in [9.17, 15) is 5.11 Å².